The molecule has 1 aromatic heterocycles. The molecule has 2 rings (SSSR count). The molecule has 0 aliphatic carbocycles. The van der Waals surface area contributed by atoms with Gasteiger partial charge in [0.05, 0.1) is 0 Å². The molecular weight excluding hydrogens is 300 g/mol. The van der Waals surface area contributed by atoms with Crippen LogP contribution in [0, 0.1) is 0 Å². The van der Waals surface area contributed by atoms with E-state index in [1.54, 1.807) is 40.9 Å². The van der Waals surface area contributed by atoms with Gasteiger partial charge in [-0.3, -0.25) is 10.2 Å². The van der Waals surface area contributed by atoms with E-state index in [2.05, 4.69) is 15.6 Å². The molecule has 8 heteroatoms. The maximum absolute atomic E-state index is 11.6. The number of hydrogen-bond donors (Lipinski definition) is 2. The summed E-state index contributed by atoms with van der Waals surface area (Å²) >= 11 is 4.69. The van der Waals surface area contributed by atoms with Gasteiger partial charge in [0.25, 0.3) is 5.91 Å². The van der Waals surface area contributed by atoms with Gasteiger partial charge in [0.1, 0.15) is 0 Å². The van der Waals surface area contributed by atoms with Crippen LogP contribution < -0.4 is 11.3 Å². The maximum atomic E-state index is 11.6. The number of hydrazine groups is 1. The van der Waals surface area contributed by atoms with Crippen LogP contribution in [0.25, 0.3) is 0 Å². The van der Waals surface area contributed by atoms with Gasteiger partial charge in [-0.05, 0) is 17.9 Å². The minimum Gasteiger partial charge on any atom is -0.290 e. The average Bonchev–Trinajstić information content (AvgIpc) is 2.92. The number of nitrogen functional groups attached to an aromatic ring is 1. The van der Waals surface area contributed by atoms with Gasteiger partial charge in [-0.2, -0.15) is 0 Å². The molecular formula is C11H12N4OS3. The Morgan fingerprint density at radius 1 is 1.37 bits per heavy atom. The molecule has 0 aliphatic rings. The van der Waals surface area contributed by atoms with Gasteiger partial charge in [-0.25, -0.2) is 5.84 Å². The lowest BCUT2D eigenvalue weighted by atomic mass is 10.1. The van der Waals surface area contributed by atoms with Crippen LogP contribution in [-0.2, 0) is 5.75 Å². The second kappa shape index (κ2) is 6.90. The average molecular weight is 312 g/mol. The smallest absolute Gasteiger partial charge is 0.265 e. The summed E-state index contributed by atoms with van der Waals surface area (Å²) in [7, 11) is 0. The molecule has 0 bridgehead atoms. The number of nitrogens with zero attached hydrogens (tertiary/aromatic N) is 2. The highest BCUT2D eigenvalue weighted by Crippen LogP contribution is 2.30. The first-order valence-corrected chi connectivity index (χ1v) is 8.36. The number of amides is 1. The van der Waals surface area contributed by atoms with Crippen molar-refractivity contribution < 1.29 is 4.79 Å². The van der Waals surface area contributed by atoms with Crippen molar-refractivity contribution in [3.8, 4) is 0 Å². The summed E-state index contributed by atoms with van der Waals surface area (Å²) < 4.78 is 1.84. The van der Waals surface area contributed by atoms with Gasteiger partial charge < -0.3 is 0 Å². The molecule has 1 aromatic carbocycles. The second-order valence-corrected chi connectivity index (χ2v) is 6.71. The minimum atomic E-state index is -0.279. The number of nitrogens with two attached hydrogens (primary N) is 1. The van der Waals surface area contributed by atoms with Crippen molar-refractivity contribution in [1.82, 2.24) is 15.6 Å². The lowest BCUT2D eigenvalue weighted by molar-refractivity contribution is 0.0953. The van der Waals surface area contributed by atoms with E-state index in [-0.39, 0.29) is 5.91 Å². The van der Waals surface area contributed by atoms with Crippen molar-refractivity contribution in [2.24, 2.45) is 5.84 Å². The highest BCUT2D eigenvalue weighted by Gasteiger charge is 2.11. The fourth-order valence-corrected chi connectivity index (χ4v) is 3.86. The van der Waals surface area contributed by atoms with E-state index in [1.165, 1.54) is 0 Å². The SMILES string of the molecule is CSc1nnc(SCc2ccccc2C(=O)NN)s1. The molecule has 0 unspecified atom stereocenters. The van der Waals surface area contributed by atoms with Gasteiger partial charge in [-0.1, -0.05) is 53.1 Å². The Hall–Kier alpha value is -1.09. The van der Waals surface area contributed by atoms with Crippen molar-refractivity contribution in [2.75, 3.05) is 6.26 Å². The lowest BCUT2D eigenvalue weighted by Crippen LogP contribution is -2.30. The van der Waals surface area contributed by atoms with Gasteiger partial charge in [-0.15, -0.1) is 10.2 Å². The Morgan fingerprint density at radius 3 is 2.79 bits per heavy atom. The van der Waals surface area contributed by atoms with E-state index in [0.717, 1.165) is 14.2 Å². The first kappa shape index (κ1) is 14.3. The molecule has 19 heavy (non-hydrogen) atoms. The molecule has 0 saturated heterocycles. The van der Waals surface area contributed by atoms with E-state index < -0.39 is 0 Å². The van der Waals surface area contributed by atoms with E-state index in [1.807, 2.05) is 24.5 Å². The van der Waals surface area contributed by atoms with Gasteiger partial charge in [0.15, 0.2) is 8.68 Å². The third kappa shape index (κ3) is 3.69. The first-order valence-electron chi connectivity index (χ1n) is 5.33. The number of rotatable bonds is 5. The van der Waals surface area contributed by atoms with Crippen molar-refractivity contribution in [3.63, 3.8) is 0 Å². The largest absolute Gasteiger partial charge is 0.290 e. The fraction of sp³-hybridized carbons (Fsp3) is 0.182. The topological polar surface area (TPSA) is 80.9 Å². The number of hydrogen-bond acceptors (Lipinski definition) is 7. The zero-order valence-corrected chi connectivity index (χ0v) is 12.6. The molecule has 0 aliphatic heterocycles. The Labute approximate surface area is 123 Å². The molecule has 100 valence electrons. The Kier molecular flexibility index (Phi) is 5.20. The molecule has 2 aromatic rings. The number of carbonyl (C=O) groups is 1. The van der Waals surface area contributed by atoms with Crippen LogP contribution in [0.1, 0.15) is 15.9 Å². The molecule has 1 amide bonds. The molecule has 0 fully saturated rings. The predicted molar refractivity (Wildman–Crippen MR) is 79.3 cm³/mol. The van der Waals surface area contributed by atoms with Gasteiger partial charge >= 0.3 is 0 Å². The normalized spacial score (nSPS) is 10.4. The number of carbonyl (C=O) groups excluding carboxylic acids is 1. The second-order valence-electron chi connectivity index (χ2n) is 3.46. The van der Waals surface area contributed by atoms with Crippen LogP contribution in [0.2, 0.25) is 0 Å². The summed E-state index contributed by atoms with van der Waals surface area (Å²) in [4.78, 5) is 11.6. The number of thioether (sulfide) groups is 2. The summed E-state index contributed by atoms with van der Waals surface area (Å²) in [6.45, 7) is 0. The van der Waals surface area contributed by atoms with Crippen molar-refractivity contribution >= 4 is 40.8 Å². The third-order valence-electron chi connectivity index (χ3n) is 2.31. The Bertz CT molecular complexity index is 573. The molecule has 5 nitrogen and oxygen atoms in total. The van der Waals surface area contributed by atoms with E-state index >= 15 is 0 Å². The van der Waals surface area contributed by atoms with E-state index in [0.29, 0.717) is 11.3 Å². The number of aromatic nitrogens is 2. The van der Waals surface area contributed by atoms with Crippen molar-refractivity contribution in [1.29, 1.82) is 0 Å². The monoisotopic (exact) mass is 312 g/mol. The highest BCUT2D eigenvalue weighted by atomic mass is 32.2. The van der Waals surface area contributed by atoms with E-state index in [4.69, 9.17) is 5.84 Å². The maximum Gasteiger partial charge on any atom is 0.265 e. The Balaban J connectivity index is 2.08. The summed E-state index contributed by atoms with van der Waals surface area (Å²) in [5.41, 5.74) is 3.67. The van der Waals surface area contributed by atoms with Crippen LogP contribution in [0.3, 0.4) is 0 Å². The zero-order valence-electron chi connectivity index (χ0n) is 10.1. The molecule has 0 radical (unpaired) electrons. The minimum absolute atomic E-state index is 0.279. The molecule has 0 atom stereocenters. The van der Waals surface area contributed by atoms with Crippen molar-refractivity contribution in [3.05, 3.63) is 35.4 Å². The summed E-state index contributed by atoms with van der Waals surface area (Å²) in [6.07, 6.45) is 1.97. The van der Waals surface area contributed by atoms with Crippen LogP contribution in [0.4, 0.5) is 0 Å². The Morgan fingerprint density at radius 2 is 2.11 bits per heavy atom. The molecule has 3 N–H and O–H groups in total. The van der Waals surface area contributed by atoms with Crippen LogP contribution in [0.5, 0.6) is 0 Å². The van der Waals surface area contributed by atoms with Gasteiger partial charge in [0.2, 0.25) is 0 Å². The fourth-order valence-electron chi connectivity index (χ4n) is 1.42. The van der Waals surface area contributed by atoms with Crippen LogP contribution >= 0.6 is 34.9 Å². The highest BCUT2D eigenvalue weighted by molar-refractivity contribution is 8.02. The standard InChI is InChI=1S/C11H12N4OS3/c1-17-10-14-15-11(19-10)18-6-7-4-2-3-5-8(7)9(16)13-12/h2-5H,6,12H2,1H3,(H,13,16). The lowest BCUT2D eigenvalue weighted by Gasteiger charge is -2.06. The first-order chi connectivity index (χ1) is 9.24. The summed E-state index contributed by atoms with van der Waals surface area (Å²) in [6, 6.07) is 7.38. The predicted octanol–water partition coefficient (Wildman–Crippen LogP) is 2.16. The van der Waals surface area contributed by atoms with E-state index in [9.17, 15) is 4.79 Å². The quantitative estimate of drug-likeness (QED) is 0.381. The van der Waals surface area contributed by atoms with Crippen LogP contribution in [0.15, 0.2) is 32.9 Å². The van der Waals surface area contributed by atoms with Crippen molar-refractivity contribution in [2.45, 2.75) is 14.4 Å². The molecule has 0 spiro atoms. The molecule has 1 heterocycles. The number of benzene rings is 1. The third-order valence-corrected chi connectivity index (χ3v) is 5.39. The summed E-state index contributed by atoms with van der Waals surface area (Å²) in [5.74, 6) is 5.55. The summed E-state index contributed by atoms with van der Waals surface area (Å²) in [5, 5.41) is 8.11. The molecule has 0 saturated carbocycles. The number of nitrogens with one attached hydrogen (secondary N) is 1. The van der Waals surface area contributed by atoms with Crippen LogP contribution in [-0.4, -0.2) is 22.4 Å². The zero-order chi connectivity index (χ0) is 13.7. The van der Waals surface area contributed by atoms with Gasteiger partial charge in [0, 0.05) is 11.3 Å².